The number of carbonyl (C=O) groups excluding carboxylic acids is 2. The van der Waals surface area contributed by atoms with Gasteiger partial charge in [0.05, 0.1) is 6.61 Å². The molecule has 5 heteroatoms. The highest BCUT2D eigenvalue weighted by Crippen LogP contribution is 2.17. The van der Waals surface area contributed by atoms with Crippen LogP contribution >= 0.6 is 0 Å². The summed E-state index contributed by atoms with van der Waals surface area (Å²) in [6.07, 6.45) is 2.68. The molecule has 144 valence electrons. The summed E-state index contributed by atoms with van der Waals surface area (Å²) in [4.78, 5) is 24.0. The van der Waals surface area contributed by atoms with E-state index in [1.807, 2.05) is 24.3 Å². The lowest BCUT2D eigenvalue weighted by atomic mass is 10.1. The van der Waals surface area contributed by atoms with Crippen LogP contribution in [0, 0.1) is 0 Å². The second kappa shape index (κ2) is 10.4. The van der Waals surface area contributed by atoms with Gasteiger partial charge in [-0.25, -0.2) is 4.79 Å². The molecule has 0 aliphatic carbocycles. The summed E-state index contributed by atoms with van der Waals surface area (Å²) in [7, 11) is 0. The van der Waals surface area contributed by atoms with Crippen molar-refractivity contribution in [1.82, 2.24) is 0 Å². The number of ether oxygens (including phenoxy) is 2. The summed E-state index contributed by atoms with van der Waals surface area (Å²) in [5, 5.41) is 2.88. The van der Waals surface area contributed by atoms with Gasteiger partial charge in [-0.05, 0) is 68.7 Å². The molecule has 27 heavy (non-hydrogen) atoms. The summed E-state index contributed by atoms with van der Waals surface area (Å²) in [5.41, 5.74) is 2.55. The molecule has 0 unspecified atom stereocenters. The van der Waals surface area contributed by atoms with E-state index in [2.05, 4.69) is 12.2 Å². The number of amides is 1. The van der Waals surface area contributed by atoms with Gasteiger partial charge in [0, 0.05) is 11.3 Å². The first kappa shape index (κ1) is 20.5. The molecule has 2 aromatic rings. The van der Waals surface area contributed by atoms with Gasteiger partial charge in [-0.1, -0.05) is 25.5 Å². The van der Waals surface area contributed by atoms with Crippen LogP contribution in [-0.2, 0) is 16.0 Å². The number of aryl methyl sites for hydroxylation is 1. The van der Waals surface area contributed by atoms with E-state index >= 15 is 0 Å². The molecule has 0 heterocycles. The van der Waals surface area contributed by atoms with Crippen molar-refractivity contribution in [2.75, 3.05) is 11.9 Å². The van der Waals surface area contributed by atoms with Crippen LogP contribution in [0.5, 0.6) is 5.75 Å². The van der Waals surface area contributed by atoms with E-state index in [9.17, 15) is 9.59 Å². The molecule has 2 aromatic carbocycles. The first-order chi connectivity index (χ1) is 13.0. The largest absolute Gasteiger partial charge is 0.479 e. The van der Waals surface area contributed by atoms with Gasteiger partial charge in [-0.2, -0.15) is 0 Å². The van der Waals surface area contributed by atoms with Crippen LogP contribution in [-0.4, -0.2) is 24.6 Å². The Labute approximate surface area is 160 Å². The molecular formula is C22H27NO4. The van der Waals surface area contributed by atoms with Crippen LogP contribution in [0.2, 0.25) is 0 Å². The molecule has 0 fully saturated rings. The van der Waals surface area contributed by atoms with Gasteiger partial charge in [0.2, 0.25) is 0 Å². The van der Waals surface area contributed by atoms with E-state index in [1.54, 1.807) is 38.1 Å². The fraction of sp³-hybridized carbons (Fsp3) is 0.364. The number of unbranched alkanes of at least 4 members (excludes halogenated alkanes) is 1. The Morgan fingerprint density at radius 3 is 2.26 bits per heavy atom. The monoisotopic (exact) mass is 369 g/mol. The minimum Gasteiger partial charge on any atom is -0.479 e. The van der Waals surface area contributed by atoms with Gasteiger partial charge < -0.3 is 14.8 Å². The Hall–Kier alpha value is -2.82. The van der Waals surface area contributed by atoms with Crippen molar-refractivity contribution >= 4 is 17.6 Å². The molecule has 0 aliphatic heterocycles. The zero-order valence-electron chi connectivity index (χ0n) is 16.2. The molecule has 0 saturated carbocycles. The van der Waals surface area contributed by atoms with E-state index in [1.165, 1.54) is 5.56 Å². The SMILES string of the molecule is CCCCc1ccc(NC(=O)c2ccc(O[C@@H](C)C(=O)OCC)cc2)cc1. The maximum atomic E-state index is 12.4. The lowest BCUT2D eigenvalue weighted by Gasteiger charge is -2.13. The predicted octanol–water partition coefficient (Wildman–Crippen LogP) is 4.61. The summed E-state index contributed by atoms with van der Waals surface area (Å²) in [5.74, 6) is -0.101. The number of benzene rings is 2. The van der Waals surface area contributed by atoms with Gasteiger partial charge in [-0.3, -0.25) is 4.79 Å². The van der Waals surface area contributed by atoms with Crippen molar-refractivity contribution in [2.24, 2.45) is 0 Å². The van der Waals surface area contributed by atoms with E-state index < -0.39 is 12.1 Å². The average Bonchev–Trinajstić information content (AvgIpc) is 2.68. The van der Waals surface area contributed by atoms with Gasteiger partial charge in [-0.15, -0.1) is 0 Å². The van der Waals surface area contributed by atoms with Crippen molar-refractivity contribution in [3.8, 4) is 5.75 Å². The molecule has 0 aromatic heterocycles. The molecule has 1 amide bonds. The molecule has 5 nitrogen and oxygen atoms in total. The van der Waals surface area contributed by atoms with Crippen molar-refractivity contribution < 1.29 is 19.1 Å². The van der Waals surface area contributed by atoms with Crippen LogP contribution in [0.25, 0.3) is 0 Å². The van der Waals surface area contributed by atoms with Crippen LogP contribution in [0.1, 0.15) is 49.5 Å². The molecule has 1 atom stereocenters. The lowest BCUT2D eigenvalue weighted by Crippen LogP contribution is -2.26. The standard InChI is InChI=1S/C22H27NO4/c1-4-6-7-17-8-12-19(13-9-17)23-21(24)18-10-14-20(15-11-18)27-16(3)22(25)26-5-2/h8-16H,4-7H2,1-3H3,(H,23,24)/t16-/m0/s1. The second-order valence-corrected chi connectivity index (χ2v) is 6.29. The van der Waals surface area contributed by atoms with Crippen LogP contribution in [0.4, 0.5) is 5.69 Å². The average molecular weight is 369 g/mol. The Morgan fingerprint density at radius 2 is 1.67 bits per heavy atom. The smallest absolute Gasteiger partial charge is 0.347 e. The van der Waals surface area contributed by atoms with Gasteiger partial charge in [0.1, 0.15) is 5.75 Å². The van der Waals surface area contributed by atoms with Crippen LogP contribution in [0.3, 0.4) is 0 Å². The molecule has 0 radical (unpaired) electrons. The number of carbonyl (C=O) groups is 2. The van der Waals surface area contributed by atoms with Crippen molar-refractivity contribution in [2.45, 2.75) is 46.1 Å². The van der Waals surface area contributed by atoms with Gasteiger partial charge in [0.15, 0.2) is 6.10 Å². The number of anilines is 1. The summed E-state index contributed by atoms with van der Waals surface area (Å²) in [6, 6.07) is 14.6. The number of hydrogen-bond donors (Lipinski definition) is 1. The Kier molecular flexibility index (Phi) is 7.86. The number of rotatable bonds is 9. The molecule has 0 saturated heterocycles. The van der Waals surface area contributed by atoms with Gasteiger partial charge >= 0.3 is 5.97 Å². The van der Waals surface area contributed by atoms with Crippen LogP contribution in [0.15, 0.2) is 48.5 Å². The second-order valence-electron chi connectivity index (χ2n) is 6.29. The minimum atomic E-state index is -0.698. The highest BCUT2D eigenvalue weighted by molar-refractivity contribution is 6.04. The maximum Gasteiger partial charge on any atom is 0.347 e. The number of nitrogens with one attached hydrogen (secondary N) is 1. The van der Waals surface area contributed by atoms with Crippen molar-refractivity contribution in [3.63, 3.8) is 0 Å². The fourth-order valence-electron chi connectivity index (χ4n) is 2.54. The third-order valence-electron chi connectivity index (χ3n) is 4.08. The number of hydrogen-bond acceptors (Lipinski definition) is 4. The lowest BCUT2D eigenvalue weighted by molar-refractivity contribution is -0.150. The van der Waals surface area contributed by atoms with E-state index in [4.69, 9.17) is 9.47 Å². The molecule has 0 bridgehead atoms. The molecule has 0 aliphatic rings. The molecule has 1 N–H and O–H groups in total. The minimum absolute atomic E-state index is 0.193. The molecule has 0 spiro atoms. The predicted molar refractivity (Wildman–Crippen MR) is 106 cm³/mol. The summed E-state index contributed by atoms with van der Waals surface area (Å²) >= 11 is 0. The molecular weight excluding hydrogens is 342 g/mol. The topological polar surface area (TPSA) is 64.6 Å². The third-order valence-corrected chi connectivity index (χ3v) is 4.08. The highest BCUT2D eigenvalue weighted by atomic mass is 16.6. The van der Waals surface area contributed by atoms with E-state index in [-0.39, 0.29) is 5.91 Å². The number of esters is 1. The highest BCUT2D eigenvalue weighted by Gasteiger charge is 2.16. The van der Waals surface area contributed by atoms with E-state index in [0.717, 1.165) is 24.9 Å². The van der Waals surface area contributed by atoms with Crippen LogP contribution < -0.4 is 10.1 Å². The zero-order chi connectivity index (χ0) is 19.6. The summed E-state index contributed by atoms with van der Waals surface area (Å²) < 4.78 is 10.4. The zero-order valence-corrected chi connectivity index (χ0v) is 16.2. The normalized spacial score (nSPS) is 11.5. The molecule has 2 rings (SSSR count). The van der Waals surface area contributed by atoms with Crippen molar-refractivity contribution in [3.05, 3.63) is 59.7 Å². The van der Waals surface area contributed by atoms with E-state index in [0.29, 0.717) is 17.9 Å². The first-order valence-corrected chi connectivity index (χ1v) is 9.37. The fourth-order valence-corrected chi connectivity index (χ4v) is 2.54. The summed E-state index contributed by atoms with van der Waals surface area (Å²) in [6.45, 7) is 5.85. The third kappa shape index (κ3) is 6.44. The maximum absolute atomic E-state index is 12.4. The quantitative estimate of drug-likeness (QED) is 0.656. The Bertz CT molecular complexity index is 738. The van der Waals surface area contributed by atoms with Gasteiger partial charge in [0.25, 0.3) is 5.91 Å². The van der Waals surface area contributed by atoms with Crippen molar-refractivity contribution in [1.29, 1.82) is 0 Å². The first-order valence-electron chi connectivity index (χ1n) is 9.37. The Morgan fingerprint density at radius 1 is 1.00 bits per heavy atom. The Balaban J connectivity index is 1.92.